The van der Waals surface area contributed by atoms with E-state index in [1.807, 2.05) is 0 Å². The van der Waals surface area contributed by atoms with Crippen LogP contribution >= 0.6 is 11.3 Å². The maximum atomic E-state index is 13.0. The normalized spacial score (nSPS) is 19.5. The molecule has 3 aliphatic rings. The molecule has 2 fully saturated rings. The monoisotopic (exact) mass is 500 g/mol. The summed E-state index contributed by atoms with van der Waals surface area (Å²) in [5, 5.41) is 13.8. The van der Waals surface area contributed by atoms with Gasteiger partial charge < -0.3 is 29.9 Å². The molecular formula is C23H28N6O5S. The van der Waals surface area contributed by atoms with Crippen molar-refractivity contribution in [3.8, 4) is 11.5 Å². The van der Waals surface area contributed by atoms with E-state index in [0.717, 1.165) is 43.8 Å². The average Bonchev–Trinajstić information content (AvgIpc) is 3.65. The molecule has 11 nitrogen and oxygen atoms in total. The van der Waals surface area contributed by atoms with Crippen LogP contribution in [0.1, 0.15) is 45.3 Å². The average molecular weight is 501 g/mol. The van der Waals surface area contributed by atoms with Crippen molar-refractivity contribution in [3.63, 3.8) is 0 Å². The molecule has 0 aliphatic carbocycles. The lowest BCUT2D eigenvalue weighted by Gasteiger charge is -2.31. The Morgan fingerprint density at radius 1 is 1.03 bits per heavy atom. The first-order chi connectivity index (χ1) is 17.1. The number of anilines is 1. The Hall–Kier alpha value is -3.25. The van der Waals surface area contributed by atoms with Crippen molar-refractivity contribution in [3.05, 3.63) is 28.2 Å². The van der Waals surface area contributed by atoms with Crippen molar-refractivity contribution in [2.75, 3.05) is 51.4 Å². The number of fused-ring (bicyclic) bond motifs is 1. The van der Waals surface area contributed by atoms with E-state index in [4.69, 9.17) is 9.47 Å². The van der Waals surface area contributed by atoms with Crippen LogP contribution in [0, 0.1) is 5.92 Å². The van der Waals surface area contributed by atoms with Crippen molar-refractivity contribution in [2.45, 2.75) is 25.7 Å². The van der Waals surface area contributed by atoms with Crippen LogP contribution in [0.5, 0.6) is 11.5 Å². The number of ether oxygens (including phenoxy) is 2. The first-order valence-corrected chi connectivity index (χ1v) is 12.7. The Kier molecular flexibility index (Phi) is 7.09. The van der Waals surface area contributed by atoms with Crippen molar-refractivity contribution < 1.29 is 23.9 Å². The molecule has 35 heavy (non-hydrogen) atoms. The molecule has 2 aromatic rings. The predicted octanol–water partition coefficient (Wildman–Crippen LogP) is 1.58. The first kappa shape index (κ1) is 23.5. The van der Waals surface area contributed by atoms with Gasteiger partial charge in [-0.3, -0.25) is 14.4 Å². The molecule has 3 aliphatic heterocycles. The van der Waals surface area contributed by atoms with Gasteiger partial charge in [0, 0.05) is 37.9 Å². The summed E-state index contributed by atoms with van der Waals surface area (Å²) < 4.78 is 10.6. The lowest BCUT2D eigenvalue weighted by molar-refractivity contribution is -0.126. The van der Waals surface area contributed by atoms with Crippen LogP contribution < -0.4 is 20.1 Å². The quantitative estimate of drug-likeness (QED) is 0.587. The van der Waals surface area contributed by atoms with Gasteiger partial charge in [0.25, 0.3) is 11.8 Å². The summed E-state index contributed by atoms with van der Waals surface area (Å²) in [5.41, 5.74) is 0.525. The molecule has 0 radical (unpaired) electrons. The molecule has 3 amide bonds. The van der Waals surface area contributed by atoms with Crippen LogP contribution in [-0.4, -0.2) is 83.8 Å². The van der Waals surface area contributed by atoms with Crippen LogP contribution in [0.2, 0.25) is 0 Å². The molecule has 1 atom stereocenters. The highest BCUT2D eigenvalue weighted by atomic mass is 32.1. The van der Waals surface area contributed by atoms with Crippen molar-refractivity contribution in [1.29, 1.82) is 0 Å². The molecule has 186 valence electrons. The molecule has 0 spiro atoms. The summed E-state index contributed by atoms with van der Waals surface area (Å²) in [6.45, 7) is 4.72. The third-order valence-corrected chi connectivity index (χ3v) is 7.35. The van der Waals surface area contributed by atoms with E-state index in [9.17, 15) is 14.4 Å². The van der Waals surface area contributed by atoms with Gasteiger partial charge in [-0.05, 0) is 50.9 Å². The lowest BCUT2D eigenvalue weighted by atomic mass is 9.97. The van der Waals surface area contributed by atoms with E-state index in [-0.39, 0.29) is 34.5 Å². The number of piperidine rings is 1. The van der Waals surface area contributed by atoms with Gasteiger partial charge in [0.15, 0.2) is 11.5 Å². The number of nitrogens with zero attached hydrogens (tertiary/aromatic N) is 4. The zero-order chi connectivity index (χ0) is 24.2. The molecule has 5 rings (SSSR count). The largest absolute Gasteiger partial charge is 0.454 e. The van der Waals surface area contributed by atoms with Crippen molar-refractivity contribution in [1.82, 2.24) is 25.3 Å². The molecule has 1 aromatic carbocycles. The van der Waals surface area contributed by atoms with Crippen molar-refractivity contribution >= 4 is 34.7 Å². The Morgan fingerprint density at radius 3 is 2.69 bits per heavy atom. The van der Waals surface area contributed by atoms with E-state index in [1.54, 1.807) is 23.1 Å². The summed E-state index contributed by atoms with van der Waals surface area (Å²) >= 11 is 0.938. The van der Waals surface area contributed by atoms with Gasteiger partial charge in [-0.2, -0.15) is 0 Å². The van der Waals surface area contributed by atoms with Crippen LogP contribution in [0.15, 0.2) is 18.2 Å². The van der Waals surface area contributed by atoms with Gasteiger partial charge in [0.1, 0.15) is 0 Å². The predicted molar refractivity (Wildman–Crippen MR) is 128 cm³/mol. The fourth-order valence-electron chi connectivity index (χ4n) is 4.56. The highest BCUT2D eigenvalue weighted by Gasteiger charge is 2.31. The van der Waals surface area contributed by atoms with Gasteiger partial charge in [0.05, 0.1) is 5.92 Å². The van der Waals surface area contributed by atoms with E-state index >= 15 is 0 Å². The van der Waals surface area contributed by atoms with Crippen LogP contribution in [-0.2, 0) is 4.79 Å². The lowest BCUT2D eigenvalue weighted by Crippen LogP contribution is -2.46. The number of likely N-dealkylation sites (tertiary alicyclic amines) is 2. The summed E-state index contributed by atoms with van der Waals surface area (Å²) in [4.78, 5) is 42.3. The number of hydrogen-bond acceptors (Lipinski definition) is 9. The standard InChI is InChI=1S/C23H28N6O5S/c30-19(24-7-11-28-8-1-2-9-28)15-4-3-10-29(13-15)23(32)22-27-26-21(35-22)20(31)25-16-5-6-17-18(12-16)34-14-33-17/h5-6,12,15H,1-4,7-11,13-14H2,(H,24,30)(H,25,31). The molecule has 4 heterocycles. The topological polar surface area (TPSA) is 126 Å². The van der Waals surface area contributed by atoms with E-state index in [0.29, 0.717) is 36.8 Å². The Labute approximate surface area is 206 Å². The first-order valence-electron chi connectivity index (χ1n) is 11.9. The molecule has 12 heteroatoms. The number of carbonyl (C=O) groups excluding carboxylic acids is 3. The minimum absolute atomic E-state index is 0.0113. The maximum absolute atomic E-state index is 13.0. The van der Waals surface area contributed by atoms with Crippen LogP contribution in [0.25, 0.3) is 0 Å². The number of benzene rings is 1. The fourth-order valence-corrected chi connectivity index (χ4v) is 5.27. The van der Waals surface area contributed by atoms with E-state index < -0.39 is 5.91 Å². The smallest absolute Gasteiger partial charge is 0.286 e. The number of aromatic nitrogens is 2. The van der Waals surface area contributed by atoms with E-state index in [1.165, 1.54) is 12.8 Å². The van der Waals surface area contributed by atoms with Gasteiger partial charge >= 0.3 is 0 Å². The zero-order valence-electron chi connectivity index (χ0n) is 19.3. The molecule has 0 bridgehead atoms. The fraction of sp³-hybridized carbons (Fsp3) is 0.522. The van der Waals surface area contributed by atoms with Gasteiger partial charge in [-0.25, -0.2) is 0 Å². The number of rotatable bonds is 7. The highest BCUT2D eigenvalue weighted by Crippen LogP contribution is 2.34. The van der Waals surface area contributed by atoms with E-state index in [2.05, 4.69) is 25.7 Å². The van der Waals surface area contributed by atoms with Crippen LogP contribution in [0.3, 0.4) is 0 Å². The third-order valence-electron chi connectivity index (χ3n) is 6.44. The number of hydrogen-bond donors (Lipinski definition) is 2. The molecule has 1 unspecified atom stereocenters. The Bertz CT molecular complexity index is 1100. The van der Waals surface area contributed by atoms with Gasteiger partial charge in [-0.1, -0.05) is 11.3 Å². The van der Waals surface area contributed by atoms with Crippen molar-refractivity contribution in [2.24, 2.45) is 5.92 Å². The molecule has 0 saturated carbocycles. The molecule has 1 aromatic heterocycles. The SMILES string of the molecule is O=C(Nc1ccc2c(c1)OCO2)c1nnc(C(=O)N2CCCC(C(=O)NCCN3CCCC3)C2)s1. The van der Waals surface area contributed by atoms with Gasteiger partial charge in [0.2, 0.25) is 22.7 Å². The molecule has 2 N–H and O–H groups in total. The summed E-state index contributed by atoms with van der Waals surface area (Å²) in [7, 11) is 0. The molecular weight excluding hydrogens is 472 g/mol. The van der Waals surface area contributed by atoms with Gasteiger partial charge in [-0.15, -0.1) is 10.2 Å². The third kappa shape index (κ3) is 5.54. The number of nitrogens with one attached hydrogen (secondary N) is 2. The summed E-state index contributed by atoms with van der Waals surface area (Å²) in [6.07, 6.45) is 3.94. The highest BCUT2D eigenvalue weighted by molar-refractivity contribution is 7.15. The summed E-state index contributed by atoms with van der Waals surface area (Å²) in [5.74, 6) is 0.145. The molecule has 2 saturated heterocycles. The second-order valence-corrected chi connectivity index (χ2v) is 9.84. The van der Waals surface area contributed by atoms with Crippen LogP contribution in [0.4, 0.5) is 5.69 Å². The number of amides is 3. The maximum Gasteiger partial charge on any atom is 0.286 e. The second kappa shape index (κ2) is 10.6. The minimum atomic E-state index is -0.464. The second-order valence-electron chi connectivity index (χ2n) is 8.86. The number of carbonyl (C=O) groups is 3. The Morgan fingerprint density at radius 2 is 1.83 bits per heavy atom. The minimum Gasteiger partial charge on any atom is -0.454 e. The summed E-state index contributed by atoms with van der Waals surface area (Å²) in [6, 6.07) is 5.07. The Balaban J connectivity index is 1.14. The zero-order valence-corrected chi connectivity index (χ0v) is 20.1.